The molecular formula is C29H28N4O4. The average Bonchev–Trinajstić information content (AvgIpc) is 3.39. The van der Waals surface area contributed by atoms with Gasteiger partial charge in [0.1, 0.15) is 11.5 Å². The zero-order chi connectivity index (χ0) is 25.9. The summed E-state index contributed by atoms with van der Waals surface area (Å²) in [7, 11) is 1.62. The molecule has 0 saturated carbocycles. The van der Waals surface area contributed by atoms with Gasteiger partial charge in [0, 0.05) is 11.3 Å². The van der Waals surface area contributed by atoms with Crippen LogP contribution >= 0.6 is 0 Å². The van der Waals surface area contributed by atoms with Gasteiger partial charge >= 0.3 is 6.03 Å². The number of urea groups is 1. The quantitative estimate of drug-likeness (QED) is 0.330. The van der Waals surface area contributed by atoms with Gasteiger partial charge in [-0.1, -0.05) is 41.1 Å². The summed E-state index contributed by atoms with van der Waals surface area (Å²) in [6.45, 7) is 6.40. The molecule has 0 bridgehead atoms. The Hall–Kier alpha value is -4.59. The Morgan fingerprint density at radius 2 is 1.73 bits per heavy atom. The molecule has 8 nitrogen and oxygen atoms in total. The lowest BCUT2D eigenvalue weighted by atomic mass is 9.94. The smallest absolute Gasteiger partial charge is 0.326 e. The van der Waals surface area contributed by atoms with Gasteiger partial charge in [-0.15, -0.1) is 0 Å². The average molecular weight is 497 g/mol. The molecule has 0 fully saturated rings. The van der Waals surface area contributed by atoms with Crippen molar-refractivity contribution in [3.05, 3.63) is 95.5 Å². The first kappa shape index (κ1) is 24.1. The van der Waals surface area contributed by atoms with Crippen molar-refractivity contribution in [1.82, 2.24) is 15.5 Å². The Bertz CT molecular complexity index is 1440. The fraction of sp³-hybridized carbons (Fsp3) is 0.207. The summed E-state index contributed by atoms with van der Waals surface area (Å²) in [5.74, 6) is 2.28. The van der Waals surface area contributed by atoms with Gasteiger partial charge in [-0.3, -0.25) is 4.90 Å². The largest absolute Gasteiger partial charge is 0.497 e. The molecule has 1 aromatic heterocycles. The van der Waals surface area contributed by atoms with E-state index in [-0.39, 0.29) is 6.03 Å². The molecule has 5 rings (SSSR count). The number of benzene rings is 3. The van der Waals surface area contributed by atoms with Crippen LogP contribution in [0.15, 0.2) is 83.0 Å². The number of carbonyl (C=O) groups is 1. The highest BCUT2D eigenvalue weighted by Crippen LogP contribution is 2.39. The van der Waals surface area contributed by atoms with Crippen LogP contribution in [0.2, 0.25) is 0 Å². The lowest BCUT2D eigenvalue weighted by Gasteiger charge is -2.35. The predicted octanol–water partition coefficient (Wildman–Crippen LogP) is 6.15. The van der Waals surface area contributed by atoms with E-state index < -0.39 is 6.04 Å². The van der Waals surface area contributed by atoms with Crippen molar-refractivity contribution in [2.75, 3.05) is 18.6 Å². The Kier molecular flexibility index (Phi) is 6.64. The van der Waals surface area contributed by atoms with Crippen LogP contribution < -0.4 is 19.7 Å². The van der Waals surface area contributed by atoms with Gasteiger partial charge in [0.15, 0.2) is 0 Å². The summed E-state index contributed by atoms with van der Waals surface area (Å²) in [6.07, 6.45) is 0. The minimum Gasteiger partial charge on any atom is -0.497 e. The highest BCUT2D eigenvalue weighted by molar-refractivity contribution is 6.01. The fourth-order valence-electron chi connectivity index (χ4n) is 4.47. The minimum atomic E-state index is -0.497. The number of anilines is 1. The van der Waals surface area contributed by atoms with Crippen LogP contribution in [0.4, 0.5) is 10.5 Å². The van der Waals surface area contributed by atoms with E-state index in [4.69, 9.17) is 19.0 Å². The van der Waals surface area contributed by atoms with Gasteiger partial charge in [0.05, 0.1) is 31.0 Å². The van der Waals surface area contributed by atoms with Crippen molar-refractivity contribution in [2.24, 2.45) is 0 Å². The van der Waals surface area contributed by atoms with Gasteiger partial charge in [0.25, 0.3) is 5.89 Å². The summed E-state index contributed by atoms with van der Waals surface area (Å²) in [6, 6.07) is 22.1. The van der Waals surface area contributed by atoms with Crippen molar-refractivity contribution in [1.29, 1.82) is 0 Å². The molecule has 4 aromatic rings. The van der Waals surface area contributed by atoms with E-state index in [0.29, 0.717) is 35.3 Å². The second kappa shape index (κ2) is 10.2. The first-order valence-corrected chi connectivity index (χ1v) is 12.1. The number of aromatic nitrogens is 2. The maximum Gasteiger partial charge on any atom is 0.326 e. The summed E-state index contributed by atoms with van der Waals surface area (Å²) in [5.41, 5.74) is 4.92. The molecule has 1 N–H and O–H groups in total. The lowest BCUT2D eigenvalue weighted by Crippen LogP contribution is -2.46. The number of ether oxygens (including phenoxy) is 2. The van der Waals surface area contributed by atoms with Crippen molar-refractivity contribution in [3.8, 4) is 22.9 Å². The van der Waals surface area contributed by atoms with E-state index in [1.807, 2.05) is 93.6 Å². The normalized spacial score (nSPS) is 15.5. The second-order valence-electron chi connectivity index (χ2n) is 8.71. The first-order chi connectivity index (χ1) is 18.0. The number of carbonyl (C=O) groups excluding carboxylic acids is 1. The third-order valence-electron chi connectivity index (χ3n) is 6.27. The highest BCUT2D eigenvalue weighted by atomic mass is 16.5. The van der Waals surface area contributed by atoms with Crippen molar-refractivity contribution >= 4 is 17.3 Å². The molecule has 1 atom stereocenters. The van der Waals surface area contributed by atoms with Crippen LogP contribution in [0.5, 0.6) is 11.5 Å². The number of nitrogens with zero attached hydrogens (tertiary/aromatic N) is 3. The van der Waals surface area contributed by atoms with Crippen LogP contribution in [-0.4, -0.2) is 29.9 Å². The van der Waals surface area contributed by atoms with E-state index in [1.54, 1.807) is 12.0 Å². The van der Waals surface area contributed by atoms with Gasteiger partial charge in [-0.25, -0.2) is 4.79 Å². The number of nitrogens with one attached hydrogen (secondary N) is 1. The Labute approximate surface area is 215 Å². The second-order valence-corrected chi connectivity index (χ2v) is 8.71. The molecule has 0 saturated heterocycles. The Morgan fingerprint density at radius 1 is 1.00 bits per heavy atom. The van der Waals surface area contributed by atoms with Crippen molar-refractivity contribution in [3.63, 3.8) is 0 Å². The fourth-order valence-corrected chi connectivity index (χ4v) is 4.47. The number of methoxy groups -OCH3 is 1. The molecule has 188 valence electrons. The van der Waals surface area contributed by atoms with Gasteiger partial charge in [-0.05, 0) is 68.8 Å². The summed E-state index contributed by atoms with van der Waals surface area (Å²) in [4.78, 5) is 19.8. The number of hydrogen-bond donors (Lipinski definition) is 1. The molecule has 2 amide bonds. The van der Waals surface area contributed by atoms with Gasteiger partial charge < -0.3 is 19.3 Å². The highest BCUT2D eigenvalue weighted by Gasteiger charge is 2.36. The lowest BCUT2D eigenvalue weighted by molar-refractivity contribution is 0.244. The maximum atomic E-state index is 13.4. The Morgan fingerprint density at radius 3 is 2.41 bits per heavy atom. The van der Waals surface area contributed by atoms with Crippen LogP contribution in [0.3, 0.4) is 0 Å². The number of aryl methyl sites for hydroxylation is 1. The summed E-state index contributed by atoms with van der Waals surface area (Å²) >= 11 is 0. The van der Waals surface area contributed by atoms with E-state index in [1.165, 1.54) is 0 Å². The zero-order valence-electron chi connectivity index (χ0n) is 21.2. The maximum absolute atomic E-state index is 13.4. The number of amides is 2. The molecule has 0 spiro atoms. The molecule has 8 heteroatoms. The van der Waals surface area contributed by atoms with E-state index >= 15 is 0 Å². The predicted molar refractivity (Wildman–Crippen MR) is 141 cm³/mol. The molecule has 3 aromatic carbocycles. The topological polar surface area (TPSA) is 89.7 Å². The Balaban J connectivity index is 1.61. The minimum absolute atomic E-state index is 0.260. The number of hydrogen-bond acceptors (Lipinski definition) is 6. The molecule has 1 aliphatic rings. The molecule has 0 aliphatic carbocycles. The summed E-state index contributed by atoms with van der Waals surface area (Å²) < 4.78 is 16.7. The van der Waals surface area contributed by atoms with Gasteiger partial charge in [-0.2, -0.15) is 4.98 Å². The molecule has 1 aliphatic heterocycles. The summed E-state index contributed by atoms with van der Waals surface area (Å²) in [5, 5.41) is 7.38. The van der Waals surface area contributed by atoms with Crippen LogP contribution in [-0.2, 0) is 0 Å². The number of allylic oxidation sites excluding steroid dienone is 1. The molecule has 37 heavy (non-hydrogen) atoms. The molecule has 1 unspecified atom stereocenters. The van der Waals surface area contributed by atoms with Crippen LogP contribution in [0.25, 0.3) is 17.0 Å². The molecule has 2 heterocycles. The van der Waals surface area contributed by atoms with E-state index in [0.717, 1.165) is 28.2 Å². The van der Waals surface area contributed by atoms with Crippen LogP contribution in [0.1, 0.15) is 36.9 Å². The monoisotopic (exact) mass is 496 g/mol. The third kappa shape index (κ3) is 4.78. The standard InChI is InChI=1S/C29H28N4O4/c1-5-36-24-15-11-22(12-16-24)33-19(3)25(26(30-29(33)34)20-9-13-23(35-4)14-10-20)28-31-27(32-37-28)21-8-6-7-18(2)17-21/h6-17,26H,5H2,1-4H3,(H,30,34). The van der Waals surface area contributed by atoms with E-state index in [2.05, 4.69) is 10.5 Å². The zero-order valence-corrected chi connectivity index (χ0v) is 21.2. The van der Waals surface area contributed by atoms with Crippen LogP contribution in [0, 0.1) is 6.92 Å². The number of rotatable bonds is 7. The SMILES string of the molecule is CCOc1ccc(N2C(=O)NC(c3ccc(OC)cc3)C(c3nc(-c4cccc(C)c4)no3)=C2C)cc1. The van der Waals surface area contributed by atoms with E-state index in [9.17, 15) is 4.79 Å². The molecular weight excluding hydrogens is 468 g/mol. The van der Waals surface area contributed by atoms with Crippen molar-refractivity contribution < 1.29 is 18.8 Å². The first-order valence-electron chi connectivity index (χ1n) is 12.1. The third-order valence-corrected chi connectivity index (χ3v) is 6.27. The van der Waals surface area contributed by atoms with Gasteiger partial charge in [0.2, 0.25) is 5.82 Å². The van der Waals surface area contributed by atoms with Crippen molar-refractivity contribution in [2.45, 2.75) is 26.8 Å². The molecule has 0 radical (unpaired) electrons.